The zero-order chi connectivity index (χ0) is 38.5. The molecule has 6 fully saturated rings. The number of carbonyl (C=O) groups excluding carboxylic acids is 3. The number of aliphatic hydroxyl groups excluding tert-OH is 2. The van der Waals surface area contributed by atoms with Gasteiger partial charge in [0.25, 0.3) is 0 Å². The molecule has 15 atom stereocenters. The average molecular weight is 751 g/mol. The van der Waals surface area contributed by atoms with Gasteiger partial charge in [-0.15, -0.1) is 0 Å². The number of nitrogens with two attached hydrogens (primary N) is 1. The molecule has 0 aromatic heterocycles. The lowest BCUT2D eigenvalue weighted by Crippen LogP contribution is -2.81. The van der Waals surface area contributed by atoms with Gasteiger partial charge in [-0.25, -0.2) is 9.59 Å². The third-order valence-corrected chi connectivity index (χ3v) is 14.4. The number of nitrogens with zero attached hydrogens (tertiary/aromatic N) is 1. The maximum Gasteiger partial charge on any atom is 0.340 e. The normalized spacial score (nSPS) is 44.0. The van der Waals surface area contributed by atoms with Gasteiger partial charge in [-0.05, 0) is 43.1 Å². The molecule has 2 aromatic carbocycles. The summed E-state index contributed by atoms with van der Waals surface area (Å²) in [5, 5.41) is 38.0. The van der Waals surface area contributed by atoms with Gasteiger partial charge >= 0.3 is 17.9 Å². The van der Waals surface area contributed by atoms with Gasteiger partial charge < -0.3 is 49.5 Å². The molecule has 1 aliphatic heterocycles. The van der Waals surface area contributed by atoms with E-state index < -0.39 is 106 Å². The first-order valence-corrected chi connectivity index (χ1v) is 18.7. The lowest BCUT2D eigenvalue weighted by Gasteiger charge is -2.70. The molecule has 8 rings (SSSR count). The van der Waals surface area contributed by atoms with Gasteiger partial charge in [0.2, 0.25) is 0 Å². The fraction of sp³-hybridized carbons (Fsp3) is 0.625. The lowest BCUT2D eigenvalue weighted by atomic mass is 9.42. The van der Waals surface area contributed by atoms with E-state index in [-0.39, 0.29) is 42.8 Å². The SMILES string of the molecule is CCN1C[C@@]2(COC(=O)c3ccccc3N)C3C(OC)C4C1[C@@]3(C1C[C@@]3(O)C(OC(=O)c5ccccc5)C1[C@]4(OC(C)=O)[C@@H](O)[C@@H]3OC)[C@@H](OC)C[C@H]2O. The number of esters is 3. The topological polar surface area (TPSA) is 197 Å². The molecule has 7 bridgehead atoms. The summed E-state index contributed by atoms with van der Waals surface area (Å²) < 4.78 is 37.9. The Morgan fingerprint density at radius 1 is 0.926 bits per heavy atom. The van der Waals surface area contributed by atoms with Gasteiger partial charge in [0, 0.05) is 81.5 Å². The molecule has 0 radical (unpaired) electrons. The van der Waals surface area contributed by atoms with E-state index in [1.54, 1.807) is 68.8 Å². The molecule has 54 heavy (non-hydrogen) atoms. The summed E-state index contributed by atoms with van der Waals surface area (Å²) in [5.74, 6) is -5.06. The number of carbonyl (C=O) groups is 3. The number of aliphatic hydroxyl groups is 3. The molecule has 14 nitrogen and oxygen atoms in total. The highest BCUT2D eigenvalue weighted by molar-refractivity contribution is 5.95. The van der Waals surface area contributed by atoms with E-state index in [1.807, 2.05) is 6.92 Å². The third kappa shape index (κ3) is 4.55. The molecule has 5 saturated carbocycles. The number of methoxy groups -OCH3 is 3. The second kappa shape index (κ2) is 13.0. The molecule has 7 unspecified atom stereocenters. The van der Waals surface area contributed by atoms with Gasteiger partial charge in [0.05, 0.1) is 29.4 Å². The van der Waals surface area contributed by atoms with Crippen molar-refractivity contribution in [3.05, 3.63) is 65.7 Å². The van der Waals surface area contributed by atoms with Crippen molar-refractivity contribution in [1.82, 2.24) is 4.90 Å². The zero-order valence-corrected chi connectivity index (χ0v) is 31.1. The largest absolute Gasteiger partial charge is 0.461 e. The smallest absolute Gasteiger partial charge is 0.340 e. The number of anilines is 1. The molecule has 2 aromatic rings. The summed E-state index contributed by atoms with van der Waals surface area (Å²) >= 11 is 0. The van der Waals surface area contributed by atoms with Crippen molar-refractivity contribution in [3.63, 3.8) is 0 Å². The molecule has 6 aliphatic rings. The highest BCUT2D eigenvalue weighted by atomic mass is 16.6. The Kier molecular flexibility index (Phi) is 8.96. The van der Waals surface area contributed by atoms with Crippen LogP contribution in [0.25, 0.3) is 0 Å². The number of hydrogen-bond acceptors (Lipinski definition) is 14. The van der Waals surface area contributed by atoms with Gasteiger partial charge in [0.15, 0.2) is 5.60 Å². The minimum atomic E-state index is -1.93. The van der Waals surface area contributed by atoms with E-state index in [0.717, 1.165) is 0 Å². The van der Waals surface area contributed by atoms with Crippen LogP contribution < -0.4 is 5.73 Å². The van der Waals surface area contributed by atoms with Crippen molar-refractivity contribution in [2.75, 3.05) is 46.8 Å². The summed E-state index contributed by atoms with van der Waals surface area (Å²) in [7, 11) is 4.49. The average Bonchev–Trinajstić information content (AvgIpc) is 3.53. The number of fused-ring (bicyclic) bond motifs is 2. The molecule has 1 spiro atoms. The van der Waals surface area contributed by atoms with E-state index in [9.17, 15) is 29.7 Å². The first kappa shape index (κ1) is 37.3. The van der Waals surface area contributed by atoms with Crippen LogP contribution in [0.3, 0.4) is 0 Å². The van der Waals surface area contributed by atoms with Crippen molar-refractivity contribution in [1.29, 1.82) is 0 Å². The van der Waals surface area contributed by atoms with Crippen molar-refractivity contribution in [3.8, 4) is 0 Å². The first-order valence-electron chi connectivity index (χ1n) is 18.7. The van der Waals surface area contributed by atoms with Crippen LogP contribution >= 0.6 is 0 Å². The Morgan fingerprint density at radius 3 is 2.26 bits per heavy atom. The monoisotopic (exact) mass is 750 g/mol. The van der Waals surface area contributed by atoms with Crippen LogP contribution in [-0.4, -0.2) is 133 Å². The number of benzene rings is 2. The van der Waals surface area contributed by atoms with Crippen molar-refractivity contribution >= 4 is 23.6 Å². The van der Waals surface area contributed by atoms with E-state index in [1.165, 1.54) is 14.0 Å². The Morgan fingerprint density at radius 2 is 1.63 bits per heavy atom. The predicted molar refractivity (Wildman–Crippen MR) is 190 cm³/mol. The molecule has 5 aliphatic carbocycles. The summed E-state index contributed by atoms with van der Waals surface area (Å²) in [4.78, 5) is 43.2. The second-order valence-corrected chi connectivity index (χ2v) is 16.2. The molecular weight excluding hydrogens is 700 g/mol. The van der Waals surface area contributed by atoms with Crippen molar-refractivity contribution in [2.24, 2.45) is 34.5 Å². The van der Waals surface area contributed by atoms with Crippen LogP contribution in [0.1, 0.15) is 47.4 Å². The minimum Gasteiger partial charge on any atom is -0.461 e. The number of ether oxygens (including phenoxy) is 6. The van der Waals surface area contributed by atoms with Crippen LogP contribution in [-0.2, 0) is 33.2 Å². The summed E-state index contributed by atoms with van der Waals surface area (Å²) in [6, 6.07) is 14.5. The van der Waals surface area contributed by atoms with E-state index in [2.05, 4.69) is 4.90 Å². The van der Waals surface area contributed by atoms with Crippen LogP contribution in [0.5, 0.6) is 0 Å². The van der Waals surface area contributed by atoms with Gasteiger partial charge in [0.1, 0.15) is 30.5 Å². The fourth-order valence-electron chi connectivity index (χ4n) is 13.0. The highest BCUT2D eigenvalue weighted by Gasteiger charge is 2.92. The number of rotatable bonds is 10. The quantitative estimate of drug-likeness (QED) is 0.155. The number of likely N-dealkylation sites (tertiary alicyclic amines) is 1. The molecule has 5 N–H and O–H groups in total. The van der Waals surface area contributed by atoms with E-state index in [0.29, 0.717) is 6.54 Å². The molecule has 1 saturated heterocycles. The highest BCUT2D eigenvalue weighted by Crippen LogP contribution is 2.80. The molecule has 0 amide bonds. The molecule has 1 heterocycles. The minimum absolute atomic E-state index is 0.0247. The molecule has 14 heteroatoms. The fourth-order valence-corrected chi connectivity index (χ4v) is 13.0. The number of hydrogen-bond donors (Lipinski definition) is 4. The second-order valence-electron chi connectivity index (χ2n) is 16.2. The first-order chi connectivity index (χ1) is 25.8. The summed E-state index contributed by atoms with van der Waals surface area (Å²) in [5.41, 5.74) is 0.998. The Hall–Kier alpha value is -3.63. The van der Waals surface area contributed by atoms with E-state index >= 15 is 0 Å². The van der Waals surface area contributed by atoms with Crippen LogP contribution in [0.15, 0.2) is 54.6 Å². The zero-order valence-electron chi connectivity index (χ0n) is 31.1. The molecule has 292 valence electrons. The van der Waals surface area contributed by atoms with Gasteiger partial charge in [-0.3, -0.25) is 9.69 Å². The van der Waals surface area contributed by atoms with Crippen LogP contribution in [0.4, 0.5) is 5.69 Å². The van der Waals surface area contributed by atoms with Crippen molar-refractivity contribution < 1.29 is 58.1 Å². The van der Waals surface area contributed by atoms with Gasteiger partial charge in [-0.1, -0.05) is 37.3 Å². The Bertz CT molecular complexity index is 1810. The van der Waals surface area contributed by atoms with Crippen LogP contribution in [0.2, 0.25) is 0 Å². The maximum absolute atomic E-state index is 13.9. The van der Waals surface area contributed by atoms with Crippen LogP contribution in [0, 0.1) is 34.5 Å². The van der Waals surface area contributed by atoms with E-state index in [4.69, 9.17) is 34.2 Å². The maximum atomic E-state index is 13.9. The predicted octanol–water partition coefficient (Wildman–Crippen LogP) is 1.44. The summed E-state index contributed by atoms with van der Waals surface area (Å²) in [6.07, 6.45) is -6.60. The van der Waals surface area contributed by atoms with Crippen molar-refractivity contribution in [2.45, 2.75) is 80.6 Å². The number of nitrogen functional groups attached to an aromatic ring is 1. The Labute approximate surface area is 313 Å². The number of para-hydroxylation sites is 1. The Balaban J connectivity index is 1.35. The lowest BCUT2D eigenvalue weighted by molar-refractivity contribution is -0.322. The standard InChI is InChI=1S/C40H50N2O12/c1-6-42-18-37(19-52-36(47)22-14-10-11-15-24(22)41)25(44)16-26(49-3)39-23-17-38(48)33(53-35(46)21-12-8-7-9-13-21)27(23)40(54-20(2)43,32(45)34(38)51-5)28(31(39)42)29(50-4)30(37)39/h7-15,23,25-34,44-45,48H,6,16-19,41H2,1-5H3/t23?,25-,26+,27?,28?,29?,30?,31?,32+,33?,34+,37+,38-,39+,40-/m1/s1. The summed E-state index contributed by atoms with van der Waals surface area (Å²) in [6.45, 7) is 3.78. The molecular formula is C40H50N2O12. The number of piperidine rings is 1. The third-order valence-electron chi connectivity index (χ3n) is 14.4. The van der Waals surface area contributed by atoms with Gasteiger partial charge in [-0.2, -0.15) is 0 Å².